The number of amides is 2. The number of hydrogen-bond acceptors (Lipinski definition) is 6. The van der Waals surface area contributed by atoms with E-state index < -0.39 is 18.4 Å². The van der Waals surface area contributed by atoms with Gasteiger partial charge in [-0.1, -0.05) is 61.2 Å². The number of methoxy groups -OCH3 is 1. The Kier molecular flexibility index (Phi) is 9.07. The molecule has 1 heterocycles. The highest BCUT2D eigenvalue weighted by molar-refractivity contribution is 9.10. The van der Waals surface area contributed by atoms with Crippen molar-refractivity contribution in [1.82, 2.24) is 10.2 Å². The second kappa shape index (κ2) is 12.3. The van der Waals surface area contributed by atoms with Crippen molar-refractivity contribution in [2.45, 2.75) is 70.9 Å². The molecule has 1 aliphatic heterocycles. The molecule has 1 fully saturated rings. The molecule has 2 atom stereocenters. The molecule has 0 bridgehead atoms. The van der Waals surface area contributed by atoms with E-state index in [1.807, 2.05) is 63.2 Å². The molecule has 2 aliphatic rings. The first-order valence-corrected chi connectivity index (χ1v) is 14.0. The Balaban J connectivity index is 1.75. The van der Waals surface area contributed by atoms with Gasteiger partial charge in [0.1, 0.15) is 0 Å². The molecule has 2 amide bonds. The van der Waals surface area contributed by atoms with Gasteiger partial charge in [-0.15, -0.1) is 0 Å². The van der Waals surface area contributed by atoms with Crippen molar-refractivity contribution < 1.29 is 23.8 Å². The molecule has 9 heteroatoms. The minimum absolute atomic E-state index is 0.0703. The Morgan fingerprint density at radius 1 is 1.16 bits per heavy atom. The summed E-state index contributed by atoms with van der Waals surface area (Å²) >= 11 is 3.55. The summed E-state index contributed by atoms with van der Waals surface area (Å²) in [5, 5.41) is 3.03. The Bertz CT molecular complexity index is 1130. The standard InChI is InChI=1S/C29H38BrN3O5/c1-18(2)25-27(34)33(17-19-11-13-22(14-12-19)32(3)4)28(38-29(35)31-21-9-7-6-8-10-21)23-15-20(30)16-24(36-5)26(23)37-25/h11-16,18,21,25,28H,6-10,17H2,1-5H3,(H,31,35). The Morgan fingerprint density at radius 2 is 1.84 bits per heavy atom. The number of halogens is 1. The maximum Gasteiger partial charge on any atom is 0.409 e. The molecule has 206 valence electrons. The van der Waals surface area contributed by atoms with E-state index in [-0.39, 0.29) is 24.4 Å². The summed E-state index contributed by atoms with van der Waals surface area (Å²) in [7, 11) is 5.52. The third-order valence-corrected chi connectivity index (χ3v) is 7.60. The van der Waals surface area contributed by atoms with E-state index in [2.05, 4.69) is 21.2 Å². The van der Waals surface area contributed by atoms with Gasteiger partial charge in [-0.3, -0.25) is 9.69 Å². The smallest absolute Gasteiger partial charge is 0.409 e. The van der Waals surface area contributed by atoms with Crippen LogP contribution in [0.1, 0.15) is 63.3 Å². The number of benzene rings is 2. The van der Waals surface area contributed by atoms with Gasteiger partial charge in [0.25, 0.3) is 5.91 Å². The van der Waals surface area contributed by atoms with Crippen LogP contribution in [-0.2, 0) is 16.1 Å². The zero-order valence-electron chi connectivity index (χ0n) is 22.8. The van der Waals surface area contributed by atoms with Crippen LogP contribution in [0.3, 0.4) is 0 Å². The lowest BCUT2D eigenvalue weighted by Gasteiger charge is -2.32. The monoisotopic (exact) mass is 587 g/mol. The van der Waals surface area contributed by atoms with E-state index in [4.69, 9.17) is 14.2 Å². The van der Waals surface area contributed by atoms with Gasteiger partial charge in [0, 0.05) is 36.8 Å². The van der Waals surface area contributed by atoms with E-state index in [0.717, 1.165) is 41.4 Å². The molecular formula is C29H38BrN3O5. The van der Waals surface area contributed by atoms with Crippen LogP contribution < -0.4 is 19.7 Å². The van der Waals surface area contributed by atoms with Gasteiger partial charge in [0.15, 0.2) is 17.6 Å². The highest BCUT2D eigenvalue weighted by atomic mass is 79.9. The molecule has 0 saturated heterocycles. The molecule has 0 radical (unpaired) electrons. The van der Waals surface area contributed by atoms with E-state index in [1.165, 1.54) is 6.42 Å². The van der Waals surface area contributed by atoms with Crippen LogP contribution in [0, 0.1) is 5.92 Å². The lowest BCUT2D eigenvalue weighted by Crippen LogP contribution is -2.46. The van der Waals surface area contributed by atoms with Gasteiger partial charge in [0.2, 0.25) is 6.23 Å². The first-order chi connectivity index (χ1) is 18.2. The SMILES string of the molecule is COc1cc(Br)cc2c1OC(C(C)C)C(=O)N(Cc1ccc(N(C)C)cc1)C2OC(=O)NC1CCCCC1. The molecule has 38 heavy (non-hydrogen) atoms. The number of ether oxygens (including phenoxy) is 3. The molecule has 2 unspecified atom stereocenters. The normalized spacial score (nSPS) is 19.9. The predicted molar refractivity (Wildman–Crippen MR) is 150 cm³/mol. The molecule has 1 N–H and O–H groups in total. The van der Waals surface area contributed by atoms with Crippen LogP contribution in [0.4, 0.5) is 10.5 Å². The van der Waals surface area contributed by atoms with Crippen LogP contribution in [0.15, 0.2) is 40.9 Å². The maximum atomic E-state index is 14.0. The van der Waals surface area contributed by atoms with E-state index in [9.17, 15) is 9.59 Å². The summed E-state index contributed by atoms with van der Waals surface area (Å²) in [6.45, 7) is 4.12. The lowest BCUT2D eigenvalue weighted by molar-refractivity contribution is -0.150. The summed E-state index contributed by atoms with van der Waals surface area (Å²) in [6.07, 6.45) is 2.86. The fraction of sp³-hybridized carbons (Fsp3) is 0.517. The van der Waals surface area contributed by atoms with Crippen molar-refractivity contribution in [3.8, 4) is 11.5 Å². The number of carbonyl (C=O) groups is 2. The van der Waals surface area contributed by atoms with Gasteiger partial charge in [-0.05, 0) is 48.6 Å². The Labute approximate surface area is 233 Å². The first-order valence-electron chi connectivity index (χ1n) is 13.3. The minimum atomic E-state index is -1.01. The average Bonchev–Trinajstić information content (AvgIpc) is 2.99. The second-order valence-electron chi connectivity index (χ2n) is 10.6. The fourth-order valence-corrected chi connectivity index (χ4v) is 5.48. The molecule has 1 saturated carbocycles. The number of nitrogens with one attached hydrogen (secondary N) is 1. The van der Waals surface area contributed by atoms with Crippen molar-refractivity contribution in [1.29, 1.82) is 0 Å². The van der Waals surface area contributed by atoms with Gasteiger partial charge in [0.05, 0.1) is 12.7 Å². The van der Waals surface area contributed by atoms with Crippen LogP contribution in [0.25, 0.3) is 0 Å². The Morgan fingerprint density at radius 3 is 2.45 bits per heavy atom. The summed E-state index contributed by atoms with van der Waals surface area (Å²) in [6, 6.07) is 11.7. The zero-order valence-corrected chi connectivity index (χ0v) is 24.4. The van der Waals surface area contributed by atoms with E-state index in [0.29, 0.717) is 17.1 Å². The number of anilines is 1. The summed E-state index contributed by atoms with van der Waals surface area (Å²) < 4.78 is 18.8. The van der Waals surface area contributed by atoms with Crippen molar-refractivity contribution in [3.05, 3.63) is 52.0 Å². The van der Waals surface area contributed by atoms with Gasteiger partial charge in [-0.2, -0.15) is 0 Å². The molecule has 0 spiro atoms. The van der Waals surface area contributed by atoms with Gasteiger partial charge < -0.3 is 24.4 Å². The summed E-state index contributed by atoms with van der Waals surface area (Å²) in [5.41, 5.74) is 2.52. The quantitative estimate of drug-likeness (QED) is 0.426. The third-order valence-electron chi connectivity index (χ3n) is 7.15. The third kappa shape index (κ3) is 6.37. The fourth-order valence-electron chi connectivity index (χ4n) is 5.03. The highest BCUT2D eigenvalue weighted by Gasteiger charge is 2.42. The summed E-state index contributed by atoms with van der Waals surface area (Å²) in [5.74, 6) is 0.494. The number of hydrogen-bond donors (Lipinski definition) is 1. The maximum absolute atomic E-state index is 14.0. The largest absolute Gasteiger partial charge is 0.493 e. The number of fused-ring (bicyclic) bond motifs is 1. The lowest BCUT2D eigenvalue weighted by atomic mass is 9.96. The summed E-state index contributed by atoms with van der Waals surface area (Å²) in [4.78, 5) is 30.9. The van der Waals surface area contributed by atoms with Crippen molar-refractivity contribution >= 4 is 33.6 Å². The van der Waals surface area contributed by atoms with Crippen LogP contribution in [0.2, 0.25) is 0 Å². The van der Waals surface area contributed by atoms with E-state index >= 15 is 0 Å². The van der Waals surface area contributed by atoms with E-state index in [1.54, 1.807) is 18.1 Å². The molecule has 2 aromatic carbocycles. The molecule has 8 nitrogen and oxygen atoms in total. The van der Waals surface area contributed by atoms with Crippen molar-refractivity contribution in [3.63, 3.8) is 0 Å². The van der Waals surface area contributed by atoms with Gasteiger partial charge >= 0.3 is 6.09 Å². The van der Waals surface area contributed by atoms with Crippen LogP contribution in [-0.4, -0.2) is 50.3 Å². The number of nitrogens with zero attached hydrogens (tertiary/aromatic N) is 2. The number of carbonyl (C=O) groups excluding carboxylic acids is 2. The Hall–Kier alpha value is -2.94. The molecule has 1 aliphatic carbocycles. The topological polar surface area (TPSA) is 80.3 Å². The van der Waals surface area contributed by atoms with Gasteiger partial charge in [-0.25, -0.2) is 4.79 Å². The molecule has 2 aromatic rings. The zero-order chi connectivity index (χ0) is 27.4. The van der Waals surface area contributed by atoms with Crippen molar-refractivity contribution in [2.24, 2.45) is 5.92 Å². The average molecular weight is 589 g/mol. The second-order valence-corrected chi connectivity index (χ2v) is 11.5. The number of rotatable bonds is 7. The molecular weight excluding hydrogens is 550 g/mol. The molecule has 4 rings (SSSR count). The highest BCUT2D eigenvalue weighted by Crippen LogP contribution is 2.44. The minimum Gasteiger partial charge on any atom is -0.493 e. The van der Waals surface area contributed by atoms with Crippen molar-refractivity contribution in [2.75, 3.05) is 26.1 Å². The van der Waals surface area contributed by atoms with Crippen LogP contribution >= 0.6 is 15.9 Å². The van der Waals surface area contributed by atoms with Crippen LogP contribution in [0.5, 0.6) is 11.5 Å². The number of alkyl carbamates (subject to hydrolysis) is 1. The first kappa shape index (κ1) is 28.1. The molecule has 0 aromatic heterocycles. The predicted octanol–water partition coefficient (Wildman–Crippen LogP) is 6.03.